The second-order valence-corrected chi connectivity index (χ2v) is 5.88. The maximum atomic E-state index is 11.8. The van der Waals surface area contributed by atoms with E-state index in [-0.39, 0.29) is 5.91 Å². The standard InChI is InChI=1S/C12H16BrNOS/c13-8-12(4-1-2-5-12)9-14-11(15)10-3-6-16-7-10/h3,6-7H,1-2,4-5,8-9H2,(H,14,15). The molecule has 4 heteroatoms. The lowest BCUT2D eigenvalue weighted by Gasteiger charge is -2.26. The minimum absolute atomic E-state index is 0.0634. The first-order chi connectivity index (χ1) is 7.76. The van der Waals surface area contributed by atoms with Gasteiger partial charge >= 0.3 is 0 Å². The topological polar surface area (TPSA) is 29.1 Å². The summed E-state index contributed by atoms with van der Waals surface area (Å²) in [6.07, 6.45) is 5.03. The molecule has 1 aliphatic rings. The Kier molecular flexibility index (Phi) is 4.03. The maximum absolute atomic E-state index is 11.8. The Hall–Kier alpha value is -0.350. The number of nitrogens with one attached hydrogen (secondary N) is 1. The molecule has 1 aromatic rings. The number of carbonyl (C=O) groups excluding carboxylic acids is 1. The highest BCUT2D eigenvalue weighted by atomic mass is 79.9. The van der Waals surface area contributed by atoms with Crippen LogP contribution in [0.4, 0.5) is 0 Å². The third kappa shape index (κ3) is 2.66. The maximum Gasteiger partial charge on any atom is 0.252 e. The first kappa shape index (κ1) is 12.1. The molecule has 2 rings (SSSR count). The van der Waals surface area contributed by atoms with Crippen molar-refractivity contribution in [2.24, 2.45) is 5.41 Å². The van der Waals surface area contributed by atoms with Crippen LogP contribution in [0, 0.1) is 5.41 Å². The average molecular weight is 302 g/mol. The molecule has 88 valence electrons. The van der Waals surface area contributed by atoms with Crippen molar-refractivity contribution in [3.8, 4) is 0 Å². The van der Waals surface area contributed by atoms with Gasteiger partial charge in [-0.25, -0.2) is 0 Å². The van der Waals surface area contributed by atoms with Crippen molar-refractivity contribution in [1.82, 2.24) is 5.32 Å². The Balaban J connectivity index is 1.89. The zero-order valence-corrected chi connectivity index (χ0v) is 11.6. The number of carbonyl (C=O) groups is 1. The Morgan fingerprint density at radius 1 is 1.50 bits per heavy atom. The van der Waals surface area contributed by atoms with Crippen LogP contribution < -0.4 is 5.32 Å². The van der Waals surface area contributed by atoms with Gasteiger partial charge < -0.3 is 5.32 Å². The number of hydrogen-bond acceptors (Lipinski definition) is 2. The molecule has 16 heavy (non-hydrogen) atoms. The van der Waals surface area contributed by atoms with Crippen LogP contribution in [0.5, 0.6) is 0 Å². The Bertz CT molecular complexity index is 344. The molecule has 0 bridgehead atoms. The number of thiophene rings is 1. The fourth-order valence-electron chi connectivity index (χ4n) is 2.25. The summed E-state index contributed by atoms with van der Waals surface area (Å²) in [5.74, 6) is 0.0634. The highest BCUT2D eigenvalue weighted by Gasteiger charge is 2.33. The zero-order valence-electron chi connectivity index (χ0n) is 9.17. The highest BCUT2D eigenvalue weighted by Crippen LogP contribution is 2.38. The number of alkyl halides is 1. The molecule has 0 unspecified atom stereocenters. The molecule has 0 radical (unpaired) electrons. The van der Waals surface area contributed by atoms with Gasteiger partial charge in [0.15, 0.2) is 0 Å². The van der Waals surface area contributed by atoms with Gasteiger partial charge in [0.05, 0.1) is 0 Å². The third-order valence-corrected chi connectivity index (χ3v) is 5.23. The van der Waals surface area contributed by atoms with E-state index < -0.39 is 0 Å². The fourth-order valence-corrected chi connectivity index (χ4v) is 3.64. The molecular formula is C12H16BrNOS. The minimum atomic E-state index is 0.0634. The predicted molar refractivity (Wildman–Crippen MR) is 71.3 cm³/mol. The number of amides is 1. The smallest absolute Gasteiger partial charge is 0.252 e. The first-order valence-electron chi connectivity index (χ1n) is 5.62. The quantitative estimate of drug-likeness (QED) is 0.848. The van der Waals surface area contributed by atoms with E-state index in [0.717, 1.165) is 17.4 Å². The van der Waals surface area contributed by atoms with E-state index in [4.69, 9.17) is 0 Å². The number of halogens is 1. The van der Waals surface area contributed by atoms with Gasteiger partial charge in [-0.3, -0.25) is 4.79 Å². The summed E-state index contributed by atoms with van der Waals surface area (Å²) >= 11 is 5.14. The van der Waals surface area contributed by atoms with Crippen LogP contribution in [-0.4, -0.2) is 17.8 Å². The first-order valence-corrected chi connectivity index (χ1v) is 7.69. The van der Waals surface area contributed by atoms with Crippen molar-refractivity contribution in [3.05, 3.63) is 22.4 Å². The van der Waals surface area contributed by atoms with Crippen molar-refractivity contribution < 1.29 is 4.79 Å². The van der Waals surface area contributed by atoms with Gasteiger partial charge in [-0.15, -0.1) is 0 Å². The molecule has 1 fully saturated rings. The number of rotatable bonds is 4. The summed E-state index contributed by atoms with van der Waals surface area (Å²) in [6, 6.07) is 1.87. The van der Waals surface area contributed by atoms with Crippen molar-refractivity contribution in [1.29, 1.82) is 0 Å². The molecule has 1 aliphatic carbocycles. The molecule has 1 aromatic heterocycles. The van der Waals surface area contributed by atoms with Crippen molar-refractivity contribution in [3.63, 3.8) is 0 Å². The van der Waals surface area contributed by atoms with E-state index >= 15 is 0 Å². The molecule has 1 saturated carbocycles. The monoisotopic (exact) mass is 301 g/mol. The third-order valence-electron chi connectivity index (χ3n) is 3.35. The van der Waals surface area contributed by atoms with Crippen LogP contribution in [0.2, 0.25) is 0 Å². The largest absolute Gasteiger partial charge is 0.351 e. The summed E-state index contributed by atoms with van der Waals surface area (Å²) in [7, 11) is 0. The van der Waals surface area contributed by atoms with E-state index in [0.29, 0.717) is 5.41 Å². The lowest BCUT2D eigenvalue weighted by Crippen LogP contribution is -2.36. The van der Waals surface area contributed by atoms with Crippen LogP contribution >= 0.6 is 27.3 Å². The van der Waals surface area contributed by atoms with Crippen LogP contribution in [0.25, 0.3) is 0 Å². The van der Waals surface area contributed by atoms with Gasteiger partial charge in [-0.05, 0) is 29.7 Å². The van der Waals surface area contributed by atoms with Crippen LogP contribution in [0.15, 0.2) is 16.8 Å². The molecule has 0 aromatic carbocycles. The SMILES string of the molecule is O=C(NCC1(CBr)CCCC1)c1ccsc1. The molecule has 0 saturated heterocycles. The molecule has 0 spiro atoms. The van der Waals surface area contributed by atoms with Crippen LogP contribution in [0.3, 0.4) is 0 Å². The second kappa shape index (κ2) is 5.32. The molecular weight excluding hydrogens is 286 g/mol. The lowest BCUT2D eigenvalue weighted by molar-refractivity contribution is 0.0936. The van der Waals surface area contributed by atoms with E-state index in [1.54, 1.807) is 11.3 Å². The van der Waals surface area contributed by atoms with Gasteiger partial charge in [-0.2, -0.15) is 11.3 Å². The van der Waals surface area contributed by atoms with Gasteiger partial charge in [0.2, 0.25) is 0 Å². The molecule has 0 atom stereocenters. The molecule has 1 amide bonds. The molecule has 2 nitrogen and oxygen atoms in total. The highest BCUT2D eigenvalue weighted by molar-refractivity contribution is 9.09. The molecule has 1 heterocycles. The summed E-state index contributed by atoms with van der Waals surface area (Å²) in [5, 5.41) is 7.88. The summed E-state index contributed by atoms with van der Waals surface area (Å²) in [4.78, 5) is 11.8. The van der Waals surface area contributed by atoms with Gasteiger partial charge in [-0.1, -0.05) is 28.8 Å². The van der Waals surface area contributed by atoms with Crippen molar-refractivity contribution in [2.75, 3.05) is 11.9 Å². The van der Waals surface area contributed by atoms with E-state index in [2.05, 4.69) is 21.2 Å². The molecule has 0 aliphatic heterocycles. The van der Waals surface area contributed by atoms with Crippen LogP contribution in [0.1, 0.15) is 36.0 Å². The normalized spacial score (nSPS) is 18.6. The molecule has 1 N–H and O–H groups in total. The summed E-state index contributed by atoms with van der Waals surface area (Å²) < 4.78 is 0. The minimum Gasteiger partial charge on any atom is -0.351 e. The van der Waals surface area contributed by atoms with Crippen molar-refractivity contribution in [2.45, 2.75) is 25.7 Å². The lowest BCUT2D eigenvalue weighted by atomic mass is 9.89. The van der Waals surface area contributed by atoms with Crippen molar-refractivity contribution >= 4 is 33.2 Å². The van der Waals surface area contributed by atoms with E-state index in [1.165, 1.54) is 25.7 Å². The number of hydrogen-bond donors (Lipinski definition) is 1. The van der Waals surface area contributed by atoms with Gasteiger partial charge in [0.25, 0.3) is 5.91 Å². The zero-order chi connectivity index (χ0) is 11.4. The predicted octanol–water partition coefficient (Wildman–Crippen LogP) is 3.43. The van der Waals surface area contributed by atoms with Gasteiger partial charge in [0, 0.05) is 22.8 Å². The fraction of sp³-hybridized carbons (Fsp3) is 0.583. The Morgan fingerprint density at radius 3 is 2.81 bits per heavy atom. The summed E-state index contributed by atoms with van der Waals surface area (Å²) in [5.41, 5.74) is 1.08. The van der Waals surface area contributed by atoms with E-state index in [1.807, 2.05) is 16.8 Å². The Labute approximate surface area is 109 Å². The Morgan fingerprint density at radius 2 is 2.25 bits per heavy atom. The second-order valence-electron chi connectivity index (χ2n) is 4.54. The summed E-state index contributed by atoms with van der Waals surface area (Å²) in [6.45, 7) is 0.799. The average Bonchev–Trinajstić information content (AvgIpc) is 2.98. The van der Waals surface area contributed by atoms with Crippen LogP contribution in [-0.2, 0) is 0 Å². The van der Waals surface area contributed by atoms with E-state index in [9.17, 15) is 4.79 Å². The van der Waals surface area contributed by atoms with Gasteiger partial charge in [0.1, 0.15) is 0 Å².